The van der Waals surface area contributed by atoms with Gasteiger partial charge in [-0.25, -0.2) is 10.8 Å². The van der Waals surface area contributed by atoms with Gasteiger partial charge in [0, 0.05) is 11.8 Å². The molecule has 0 bridgehead atoms. The maximum Gasteiger partial charge on any atom is 0.240 e. The molecule has 2 rings (SSSR count). The lowest BCUT2D eigenvalue weighted by Crippen LogP contribution is -2.11. The van der Waals surface area contributed by atoms with E-state index in [0.29, 0.717) is 17.6 Å². The van der Waals surface area contributed by atoms with E-state index >= 15 is 0 Å². The Labute approximate surface area is 113 Å². The predicted molar refractivity (Wildman–Crippen MR) is 73.5 cm³/mol. The SMILES string of the molecule is Cc1ccc(Oc2cc(C)nc(NN)n2)c(Br)c1. The highest BCUT2D eigenvalue weighted by Crippen LogP contribution is 2.29. The van der Waals surface area contributed by atoms with Gasteiger partial charge in [-0.2, -0.15) is 4.98 Å². The van der Waals surface area contributed by atoms with Gasteiger partial charge in [-0.1, -0.05) is 6.07 Å². The molecule has 2 aromatic rings. The van der Waals surface area contributed by atoms with E-state index in [1.807, 2.05) is 32.0 Å². The van der Waals surface area contributed by atoms with Crippen LogP contribution >= 0.6 is 15.9 Å². The number of benzene rings is 1. The summed E-state index contributed by atoms with van der Waals surface area (Å²) in [6.45, 7) is 3.86. The van der Waals surface area contributed by atoms with Gasteiger partial charge >= 0.3 is 0 Å². The number of ether oxygens (including phenoxy) is 1. The van der Waals surface area contributed by atoms with Gasteiger partial charge in [0.15, 0.2) is 0 Å². The number of nitrogens with one attached hydrogen (secondary N) is 1. The average molecular weight is 309 g/mol. The zero-order valence-corrected chi connectivity index (χ0v) is 11.7. The number of anilines is 1. The molecule has 94 valence electrons. The van der Waals surface area contributed by atoms with Crippen molar-refractivity contribution in [3.63, 3.8) is 0 Å². The van der Waals surface area contributed by atoms with Crippen LogP contribution in [0.25, 0.3) is 0 Å². The summed E-state index contributed by atoms with van der Waals surface area (Å²) in [5.41, 5.74) is 4.33. The fourth-order valence-electron chi connectivity index (χ4n) is 1.46. The first-order chi connectivity index (χ1) is 8.58. The number of halogens is 1. The molecule has 0 saturated heterocycles. The summed E-state index contributed by atoms with van der Waals surface area (Å²) in [7, 11) is 0. The molecule has 1 aromatic heterocycles. The van der Waals surface area contributed by atoms with Crippen molar-refractivity contribution >= 4 is 21.9 Å². The topological polar surface area (TPSA) is 73.1 Å². The van der Waals surface area contributed by atoms with E-state index < -0.39 is 0 Å². The summed E-state index contributed by atoms with van der Waals surface area (Å²) in [6.07, 6.45) is 0. The second-order valence-electron chi connectivity index (χ2n) is 3.85. The second kappa shape index (κ2) is 5.32. The number of aryl methyl sites for hydroxylation is 2. The first-order valence-electron chi connectivity index (χ1n) is 5.35. The quantitative estimate of drug-likeness (QED) is 0.673. The van der Waals surface area contributed by atoms with E-state index in [4.69, 9.17) is 10.6 Å². The Morgan fingerprint density at radius 2 is 2.00 bits per heavy atom. The number of hydrogen-bond acceptors (Lipinski definition) is 5. The molecule has 0 aliphatic carbocycles. The lowest BCUT2D eigenvalue weighted by Gasteiger charge is -2.09. The molecule has 0 aliphatic heterocycles. The maximum absolute atomic E-state index is 5.69. The van der Waals surface area contributed by atoms with Crippen LogP contribution in [-0.4, -0.2) is 9.97 Å². The van der Waals surface area contributed by atoms with E-state index in [0.717, 1.165) is 15.7 Å². The standard InChI is InChI=1S/C12H13BrN4O/c1-7-3-4-10(9(13)5-7)18-11-6-8(2)15-12(16-11)17-14/h3-6H,14H2,1-2H3,(H,15,16,17). The van der Waals surface area contributed by atoms with Crippen molar-refractivity contribution in [1.29, 1.82) is 0 Å². The molecule has 0 unspecified atom stereocenters. The summed E-state index contributed by atoms with van der Waals surface area (Å²) in [5.74, 6) is 6.76. The average Bonchev–Trinajstić information content (AvgIpc) is 2.32. The highest BCUT2D eigenvalue weighted by atomic mass is 79.9. The van der Waals surface area contributed by atoms with E-state index in [1.165, 1.54) is 0 Å². The van der Waals surface area contributed by atoms with Crippen molar-refractivity contribution in [2.24, 2.45) is 5.84 Å². The molecule has 0 amide bonds. The molecular formula is C12H13BrN4O. The van der Waals surface area contributed by atoms with Gasteiger partial charge in [-0.05, 0) is 47.5 Å². The molecule has 0 spiro atoms. The summed E-state index contributed by atoms with van der Waals surface area (Å²) in [6, 6.07) is 7.57. The molecule has 3 N–H and O–H groups in total. The smallest absolute Gasteiger partial charge is 0.240 e. The Morgan fingerprint density at radius 3 is 2.67 bits per heavy atom. The Hall–Kier alpha value is -1.66. The Bertz CT molecular complexity index is 574. The van der Waals surface area contributed by atoms with E-state index in [1.54, 1.807) is 6.07 Å². The minimum atomic E-state index is 0.327. The predicted octanol–water partition coefficient (Wildman–Crippen LogP) is 2.93. The van der Waals surface area contributed by atoms with Crippen LogP contribution in [0.2, 0.25) is 0 Å². The Balaban J connectivity index is 2.30. The van der Waals surface area contributed by atoms with Gasteiger partial charge in [0.05, 0.1) is 4.47 Å². The van der Waals surface area contributed by atoms with Crippen molar-refractivity contribution in [1.82, 2.24) is 9.97 Å². The van der Waals surface area contributed by atoms with Crippen LogP contribution in [0.4, 0.5) is 5.95 Å². The molecular weight excluding hydrogens is 296 g/mol. The van der Waals surface area contributed by atoms with Gasteiger partial charge in [-0.15, -0.1) is 0 Å². The van der Waals surface area contributed by atoms with Crippen LogP contribution in [0.1, 0.15) is 11.3 Å². The Kier molecular flexibility index (Phi) is 3.78. The first-order valence-corrected chi connectivity index (χ1v) is 6.14. The number of rotatable bonds is 3. The molecule has 0 radical (unpaired) electrons. The third kappa shape index (κ3) is 2.96. The molecule has 0 fully saturated rings. The Morgan fingerprint density at radius 1 is 1.22 bits per heavy atom. The van der Waals surface area contributed by atoms with Crippen molar-refractivity contribution in [3.8, 4) is 11.6 Å². The zero-order chi connectivity index (χ0) is 13.1. The largest absolute Gasteiger partial charge is 0.438 e. The minimum Gasteiger partial charge on any atom is -0.438 e. The van der Waals surface area contributed by atoms with Crippen molar-refractivity contribution in [2.75, 3.05) is 5.43 Å². The summed E-state index contributed by atoms with van der Waals surface area (Å²) in [5, 5.41) is 0. The minimum absolute atomic E-state index is 0.327. The summed E-state index contributed by atoms with van der Waals surface area (Å²) in [4.78, 5) is 8.21. The van der Waals surface area contributed by atoms with Crippen LogP contribution < -0.4 is 16.0 Å². The highest BCUT2D eigenvalue weighted by Gasteiger charge is 2.06. The van der Waals surface area contributed by atoms with E-state index in [2.05, 4.69) is 31.3 Å². The molecule has 1 aromatic carbocycles. The summed E-state index contributed by atoms with van der Waals surface area (Å²) >= 11 is 3.45. The molecule has 6 heteroatoms. The van der Waals surface area contributed by atoms with Gasteiger partial charge in [0.1, 0.15) is 5.75 Å². The molecule has 0 atom stereocenters. The van der Waals surface area contributed by atoms with Crippen LogP contribution in [-0.2, 0) is 0 Å². The van der Waals surface area contributed by atoms with Crippen molar-refractivity contribution < 1.29 is 4.74 Å². The lowest BCUT2D eigenvalue weighted by atomic mass is 10.2. The third-order valence-electron chi connectivity index (χ3n) is 2.26. The monoisotopic (exact) mass is 308 g/mol. The number of nitrogen functional groups attached to an aromatic ring is 1. The third-order valence-corrected chi connectivity index (χ3v) is 2.88. The van der Waals surface area contributed by atoms with E-state index in [-0.39, 0.29) is 0 Å². The van der Waals surface area contributed by atoms with Gasteiger partial charge in [-0.3, -0.25) is 5.43 Å². The van der Waals surface area contributed by atoms with Gasteiger partial charge in [0.25, 0.3) is 0 Å². The number of nitrogens with two attached hydrogens (primary N) is 1. The number of nitrogens with zero attached hydrogens (tertiary/aromatic N) is 2. The van der Waals surface area contributed by atoms with Gasteiger partial charge in [0.2, 0.25) is 11.8 Å². The maximum atomic E-state index is 5.69. The van der Waals surface area contributed by atoms with Crippen LogP contribution in [0.3, 0.4) is 0 Å². The first kappa shape index (κ1) is 12.8. The van der Waals surface area contributed by atoms with Crippen LogP contribution in [0.5, 0.6) is 11.6 Å². The van der Waals surface area contributed by atoms with Crippen molar-refractivity contribution in [3.05, 3.63) is 40.0 Å². The fourth-order valence-corrected chi connectivity index (χ4v) is 2.03. The normalized spacial score (nSPS) is 10.2. The number of aromatic nitrogens is 2. The second-order valence-corrected chi connectivity index (χ2v) is 4.71. The molecule has 0 aliphatic rings. The molecule has 1 heterocycles. The number of hydrogen-bond donors (Lipinski definition) is 2. The molecule has 18 heavy (non-hydrogen) atoms. The number of hydrazine groups is 1. The van der Waals surface area contributed by atoms with E-state index in [9.17, 15) is 0 Å². The van der Waals surface area contributed by atoms with Gasteiger partial charge < -0.3 is 4.74 Å². The highest BCUT2D eigenvalue weighted by molar-refractivity contribution is 9.10. The zero-order valence-electron chi connectivity index (χ0n) is 10.1. The molecule has 0 saturated carbocycles. The lowest BCUT2D eigenvalue weighted by molar-refractivity contribution is 0.458. The van der Waals surface area contributed by atoms with Crippen molar-refractivity contribution in [2.45, 2.75) is 13.8 Å². The fraction of sp³-hybridized carbons (Fsp3) is 0.167. The molecule has 5 nitrogen and oxygen atoms in total. The summed E-state index contributed by atoms with van der Waals surface area (Å²) < 4.78 is 6.57. The van der Waals surface area contributed by atoms with Crippen LogP contribution in [0.15, 0.2) is 28.7 Å². The van der Waals surface area contributed by atoms with Crippen LogP contribution in [0, 0.1) is 13.8 Å².